The Balaban J connectivity index is 1.99. The second-order valence-electron chi connectivity index (χ2n) is 7.54. The van der Waals surface area contributed by atoms with Crippen LogP contribution in [0, 0.1) is 5.82 Å². The third-order valence-corrected chi connectivity index (χ3v) is 3.69. The summed E-state index contributed by atoms with van der Waals surface area (Å²) in [6, 6.07) is 12.8. The van der Waals surface area contributed by atoms with Crippen LogP contribution >= 0.6 is 0 Å². The molecule has 0 bridgehead atoms. The zero-order valence-corrected chi connectivity index (χ0v) is 16.5. The molecule has 2 N–H and O–H groups in total. The van der Waals surface area contributed by atoms with Crippen molar-refractivity contribution in [2.45, 2.75) is 32.7 Å². The van der Waals surface area contributed by atoms with Gasteiger partial charge in [0.05, 0.1) is 5.69 Å². The molecule has 2 aromatic carbocycles. The molecule has 1 heterocycles. The van der Waals surface area contributed by atoms with Crippen molar-refractivity contribution in [3.05, 3.63) is 60.4 Å². The molecule has 5 nitrogen and oxygen atoms in total. The topological polar surface area (TPSA) is 59.1 Å². The number of alkyl halides is 3. The average molecular weight is 420 g/mol. The summed E-state index contributed by atoms with van der Waals surface area (Å²) < 4.78 is 54.9. The Kier molecular flexibility index (Phi) is 5.82. The first-order chi connectivity index (χ1) is 14.0. The van der Waals surface area contributed by atoms with Crippen molar-refractivity contribution >= 4 is 17.5 Å². The molecule has 1 aromatic heterocycles. The van der Waals surface area contributed by atoms with Gasteiger partial charge in [0.15, 0.2) is 0 Å². The molecular formula is C21H20F4N4O. The predicted octanol–water partition coefficient (Wildman–Crippen LogP) is 6.14. The molecule has 9 heteroatoms. The number of anilines is 3. The van der Waals surface area contributed by atoms with Crippen molar-refractivity contribution in [3.63, 3.8) is 0 Å². The lowest BCUT2D eigenvalue weighted by Crippen LogP contribution is -2.27. The summed E-state index contributed by atoms with van der Waals surface area (Å²) in [6.07, 6.45) is -4.79. The van der Waals surface area contributed by atoms with Crippen molar-refractivity contribution in [2.75, 3.05) is 10.6 Å². The highest BCUT2D eigenvalue weighted by Crippen LogP contribution is 2.29. The maximum absolute atomic E-state index is 13.2. The highest BCUT2D eigenvalue weighted by Gasteiger charge is 2.31. The Morgan fingerprint density at radius 3 is 2.23 bits per heavy atom. The zero-order valence-electron chi connectivity index (χ0n) is 16.5. The third-order valence-electron chi connectivity index (χ3n) is 3.69. The van der Waals surface area contributed by atoms with Gasteiger partial charge in [-0.15, -0.1) is 13.2 Å². The first-order valence-electron chi connectivity index (χ1n) is 9.03. The maximum atomic E-state index is 13.2. The second-order valence-corrected chi connectivity index (χ2v) is 7.54. The Morgan fingerprint density at radius 2 is 1.60 bits per heavy atom. The zero-order chi connectivity index (χ0) is 21.9. The summed E-state index contributed by atoms with van der Waals surface area (Å²) >= 11 is 0. The minimum atomic E-state index is -4.79. The van der Waals surface area contributed by atoms with Crippen LogP contribution in [0.2, 0.25) is 0 Å². The van der Waals surface area contributed by atoms with E-state index in [1.165, 1.54) is 30.3 Å². The van der Waals surface area contributed by atoms with Gasteiger partial charge in [0.1, 0.15) is 17.4 Å². The van der Waals surface area contributed by atoms with E-state index in [2.05, 4.69) is 25.3 Å². The lowest BCUT2D eigenvalue weighted by atomic mass is 10.1. The van der Waals surface area contributed by atoms with E-state index in [1.54, 1.807) is 24.3 Å². The standard InChI is InChI=1S/C21H20F4N4O/c1-20(2,3)29-19-27-17(13-5-4-6-16(11-13)30-21(23,24)25)12-18(28-19)26-15-9-7-14(22)8-10-15/h4-12H,1-3H3,(H2,26,27,28,29). The number of hydrogen-bond acceptors (Lipinski definition) is 5. The molecule has 3 rings (SSSR count). The minimum absolute atomic E-state index is 0.284. The number of benzene rings is 2. The summed E-state index contributed by atoms with van der Waals surface area (Å²) in [5, 5.41) is 6.20. The molecule has 0 aliphatic carbocycles. The van der Waals surface area contributed by atoms with E-state index in [1.807, 2.05) is 20.8 Å². The van der Waals surface area contributed by atoms with Crippen LogP contribution in [0.1, 0.15) is 20.8 Å². The van der Waals surface area contributed by atoms with Gasteiger partial charge in [0, 0.05) is 22.9 Å². The molecular weight excluding hydrogens is 400 g/mol. The monoisotopic (exact) mass is 420 g/mol. The van der Waals surface area contributed by atoms with Crippen molar-refractivity contribution < 1.29 is 22.3 Å². The van der Waals surface area contributed by atoms with E-state index >= 15 is 0 Å². The van der Waals surface area contributed by atoms with Crippen molar-refractivity contribution in [3.8, 4) is 17.0 Å². The largest absolute Gasteiger partial charge is 0.573 e. The summed E-state index contributed by atoms with van der Waals surface area (Å²) in [4.78, 5) is 8.83. The Morgan fingerprint density at radius 1 is 0.900 bits per heavy atom. The molecule has 0 saturated carbocycles. The molecule has 0 amide bonds. The number of aromatic nitrogens is 2. The molecule has 0 aliphatic rings. The van der Waals surface area contributed by atoms with Crippen LogP contribution in [-0.4, -0.2) is 21.9 Å². The third kappa shape index (κ3) is 6.33. The summed E-state index contributed by atoms with van der Waals surface area (Å²) in [6.45, 7) is 5.77. The van der Waals surface area contributed by atoms with Gasteiger partial charge in [-0.25, -0.2) is 9.37 Å². The van der Waals surface area contributed by atoms with Crippen molar-refractivity contribution in [1.29, 1.82) is 0 Å². The van der Waals surface area contributed by atoms with Crippen LogP contribution in [0.5, 0.6) is 5.75 Å². The number of hydrogen-bond donors (Lipinski definition) is 2. The van der Waals surface area contributed by atoms with Crippen LogP contribution in [-0.2, 0) is 0 Å². The van der Waals surface area contributed by atoms with Crippen LogP contribution in [0.3, 0.4) is 0 Å². The highest BCUT2D eigenvalue weighted by atomic mass is 19.4. The number of nitrogens with zero attached hydrogens (tertiary/aromatic N) is 2. The van der Waals surface area contributed by atoms with Gasteiger partial charge in [0.2, 0.25) is 5.95 Å². The lowest BCUT2D eigenvalue weighted by molar-refractivity contribution is -0.274. The van der Waals surface area contributed by atoms with Gasteiger partial charge in [-0.3, -0.25) is 0 Å². The Bertz CT molecular complexity index is 1010. The fourth-order valence-corrected chi connectivity index (χ4v) is 2.58. The van der Waals surface area contributed by atoms with Crippen molar-refractivity contribution in [2.24, 2.45) is 0 Å². The summed E-state index contributed by atoms with van der Waals surface area (Å²) in [5.41, 5.74) is 1.04. The molecule has 0 radical (unpaired) electrons. The number of ether oxygens (including phenoxy) is 1. The molecule has 0 atom stereocenters. The minimum Gasteiger partial charge on any atom is -0.406 e. The maximum Gasteiger partial charge on any atom is 0.573 e. The quantitative estimate of drug-likeness (QED) is 0.486. The number of halogens is 4. The van der Waals surface area contributed by atoms with E-state index in [9.17, 15) is 17.6 Å². The molecule has 0 spiro atoms. The van der Waals surface area contributed by atoms with E-state index in [4.69, 9.17) is 0 Å². The predicted molar refractivity (Wildman–Crippen MR) is 107 cm³/mol. The molecule has 30 heavy (non-hydrogen) atoms. The van der Waals surface area contributed by atoms with E-state index in [0.717, 1.165) is 0 Å². The van der Waals surface area contributed by atoms with Gasteiger partial charge < -0.3 is 15.4 Å². The van der Waals surface area contributed by atoms with Crippen molar-refractivity contribution in [1.82, 2.24) is 9.97 Å². The van der Waals surface area contributed by atoms with Crippen LogP contribution < -0.4 is 15.4 Å². The molecule has 0 unspecified atom stereocenters. The summed E-state index contributed by atoms with van der Waals surface area (Å²) in [5.74, 6) is -0.0512. The van der Waals surface area contributed by atoms with E-state index < -0.39 is 6.36 Å². The van der Waals surface area contributed by atoms with Crippen LogP contribution in [0.25, 0.3) is 11.3 Å². The molecule has 0 saturated heterocycles. The average Bonchev–Trinajstić information content (AvgIpc) is 2.61. The van der Waals surface area contributed by atoms with Gasteiger partial charge in [-0.1, -0.05) is 12.1 Å². The van der Waals surface area contributed by atoms with Gasteiger partial charge in [-0.2, -0.15) is 4.98 Å². The summed E-state index contributed by atoms with van der Waals surface area (Å²) in [7, 11) is 0. The molecule has 158 valence electrons. The number of rotatable bonds is 5. The SMILES string of the molecule is CC(C)(C)Nc1nc(Nc2ccc(F)cc2)cc(-c2cccc(OC(F)(F)F)c2)n1. The molecule has 3 aromatic rings. The Labute approximate surface area is 171 Å². The first kappa shape index (κ1) is 21.4. The fraction of sp³-hybridized carbons (Fsp3) is 0.238. The van der Waals surface area contributed by atoms with Crippen LogP contribution in [0.4, 0.5) is 35.0 Å². The van der Waals surface area contributed by atoms with E-state index in [0.29, 0.717) is 22.8 Å². The van der Waals surface area contributed by atoms with Gasteiger partial charge in [0.25, 0.3) is 0 Å². The smallest absolute Gasteiger partial charge is 0.406 e. The normalized spacial score (nSPS) is 11.8. The highest BCUT2D eigenvalue weighted by molar-refractivity contribution is 5.68. The second kappa shape index (κ2) is 8.17. The van der Waals surface area contributed by atoms with Gasteiger partial charge >= 0.3 is 6.36 Å². The fourth-order valence-electron chi connectivity index (χ4n) is 2.58. The lowest BCUT2D eigenvalue weighted by Gasteiger charge is -2.21. The van der Waals surface area contributed by atoms with Gasteiger partial charge in [-0.05, 0) is 57.2 Å². The first-order valence-corrected chi connectivity index (χ1v) is 9.03. The number of nitrogens with one attached hydrogen (secondary N) is 2. The van der Waals surface area contributed by atoms with E-state index in [-0.39, 0.29) is 23.1 Å². The molecule has 0 aliphatic heterocycles. The van der Waals surface area contributed by atoms with Crippen LogP contribution in [0.15, 0.2) is 54.6 Å². The Hall–Kier alpha value is -3.36. The molecule has 0 fully saturated rings.